The topological polar surface area (TPSA) is 0 Å². The molecule has 2 aromatic carbocycles. The van der Waals surface area contributed by atoms with Crippen LogP contribution < -0.4 is 0 Å². The van der Waals surface area contributed by atoms with Gasteiger partial charge in [-0.3, -0.25) is 0 Å². The third-order valence-corrected chi connectivity index (χ3v) is 4.54. The lowest BCUT2D eigenvalue weighted by molar-refractivity contribution is 0.504. The lowest BCUT2D eigenvalue weighted by Gasteiger charge is -2.06. The average molecular weight is 343 g/mol. The van der Waals surface area contributed by atoms with Crippen LogP contribution in [0.3, 0.4) is 0 Å². The minimum atomic E-state index is 1.37. The van der Waals surface area contributed by atoms with Gasteiger partial charge in [0.1, 0.15) is 0 Å². The highest BCUT2D eigenvalue weighted by Gasteiger charge is 2.00. The quantitative estimate of drug-likeness (QED) is 0.307. The van der Waals surface area contributed by atoms with Gasteiger partial charge in [-0.2, -0.15) is 0 Å². The molecule has 0 unspecified atom stereocenters. The second-order valence-corrected chi connectivity index (χ2v) is 6.52. The van der Waals surface area contributed by atoms with Crippen LogP contribution in [0.4, 0.5) is 0 Å². The molecule has 3 aliphatic carbocycles. The lowest BCUT2D eigenvalue weighted by Crippen LogP contribution is -1.85. The minimum absolute atomic E-state index is 1.37. The van der Waals surface area contributed by atoms with Crippen molar-refractivity contribution >= 4 is 24.3 Å². The number of allylic oxidation sites excluding steroid dienone is 2. The summed E-state index contributed by atoms with van der Waals surface area (Å²) in [6.45, 7) is 6.72. The standard InChI is InChI=1S/2C8H6.C6H12.C4H6/c2*1-2-4-8-6-5-7(8)3-1;1-2-4-6-5-3-1;1-3-4-2/h2*1-6H;1-6H2;3-4H,1-2H2. The summed E-state index contributed by atoms with van der Waals surface area (Å²) in [5.41, 5.74) is 5.47. The number of fused-ring (bicyclic) bond motifs is 2. The monoisotopic (exact) mass is 342 g/mol. The largest absolute Gasteiger partial charge is 0.0991 e. The van der Waals surface area contributed by atoms with E-state index < -0.39 is 0 Å². The molecule has 1 fully saturated rings. The van der Waals surface area contributed by atoms with Crippen molar-refractivity contribution < 1.29 is 0 Å². The molecule has 0 atom stereocenters. The molecule has 0 saturated heterocycles. The zero-order valence-corrected chi connectivity index (χ0v) is 15.7. The van der Waals surface area contributed by atoms with E-state index in [-0.39, 0.29) is 0 Å². The Bertz CT molecular complexity index is 621. The Morgan fingerprint density at radius 2 is 0.692 bits per heavy atom. The maximum absolute atomic E-state index is 3.36. The van der Waals surface area contributed by atoms with Gasteiger partial charge >= 0.3 is 0 Å². The molecular formula is C26H30. The third kappa shape index (κ3) is 6.72. The molecule has 0 bridgehead atoms. The molecule has 0 heterocycles. The van der Waals surface area contributed by atoms with Gasteiger partial charge < -0.3 is 0 Å². The first kappa shape index (κ1) is 19.7. The maximum Gasteiger partial charge on any atom is -0.0184 e. The molecule has 0 spiro atoms. The molecule has 0 aliphatic heterocycles. The van der Waals surface area contributed by atoms with Crippen LogP contribution in [-0.4, -0.2) is 0 Å². The van der Waals surface area contributed by atoms with E-state index in [9.17, 15) is 0 Å². The summed E-state index contributed by atoms with van der Waals surface area (Å²) >= 11 is 0. The summed E-state index contributed by atoms with van der Waals surface area (Å²) in [5, 5.41) is 0. The summed E-state index contributed by atoms with van der Waals surface area (Å²) in [6.07, 6.45) is 20.8. The molecule has 3 aliphatic rings. The van der Waals surface area contributed by atoms with Crippen molar-refractivity contribution in [1.82, 2.24) is 0 Å². The Kier molecular flexibility index (Phi) is 9.00. The predicted molar refractivity (Wildman–Crippen MR) is 119 cm³/mol. The third-order valence-electron chi connectivity index (χ3n) is 4.54. The fourth-order valence-corrected chi connectivity index (χ4v) is 2.86. The van der Waals surface area contributed by atoms with Crippen molar-refractivity contribution in [2.24, 2.45) is 0 Å². The number of hydrogen-bond acceptors (Lipinski definition) is 0. The van der Waals surface area contributed by atoms with Crippen molar-refractivity contribution in [2.75, 3.05) is 0 Å². The second-order valence-electron chi connectivity index (χ2n) is 6.52. The molecular weight excluding hydrogens is 312 g/mol. The van der Waals surface area contributed by atoms with Crippen LogP contribution in [0.15, 0.2) is 73.8 Å². The molecule has 134 valence electrons. The van der Waals surface area contributed by atoms with Gasteiger partial charge in [-0.25, -0.2) is 0 Å². The van der Waals surface area contributed by atoms with E-state index in [4.69, 9.17) is 0 Å². The van der Waals surface area contributed by atoms with E-state index in [2.05, 4.69) is 86.0 Å². The Hall–Kier alpha value is -2.60. The molecule has 0 aromatic heterocycles. The Morgan fingerprint density at radius 1 is 0.462 bits per heavy atom. The zero-order chi connectivity index (χ0) is 18.5. The number of rotatable bonds is 1. The van der Waals surface area contributed by atoms with E-state index >= 15 is 0 Å². The predicted octanol–water partition coefficient (Wildman–Crippen LogP) is 8.04. The smallest absolute Gasteiger partial charge is 0.0184 e. The molecule has 5 rings (SSSR count). The van der Waals surface area contributed by atoms with Gasteiger partial charge in [-0.1, -0.05) is 137 Å². The van der Waals surface area contributed by atoms with Gasteiger partial charge in [0, 0.05) is 0 Å². The van der Waals surface area contributed by atoms with Crippen molar-refractivity contribution in [1.29, 1.82) is 0 Å². The molecule has 2 aromatic rings. The molecule has 0 radical (unpaired) electrons. The van der Waals surface area contributed by atoms with Crippen LogP contribution in [-0.2, 0) is 0 Å². The van der Waals surface area contributed by atoms with Gasteiger partial charge in [0.25, 0.3) is 0 Å². The summed E-state index contributed by atoms with van der Waals surface area (Å²) in [6, 6.07) is 16.7. The number of hydrogen-bond donors (Lipinski definition) is 0. The highest BCUT2D eigenvalue weighted by atomic mass is 14.1. The Labute approximate surface area is 159 Å². The zero-order valence-electron chi connectivity index (χ0n) is 15.7. The fraction of sp³-hybridized carbons (Fsp3) is 0.231. The number of benzene rings is 2. The maximum atomic E-state index is 3.36. The summed E-state index contributed by atoms with van der Waals surface area (Å²) in [7, 11) is 0. The summed E-state index contributed by atoms with van der Waals surface area (Å²) < 4.78 is 0. The highest BCUT2D eigenvalue weighted by molar-refractivity contribution is 5.85. The van der Waals surface area contributed by atoms with E-state index in [1.54, 1.807) is 12.2 Å². The first-order valence-electron chi connectivity index (χ1n) is 9.63. The van der Waals surface area contributed by atoms with Crippen LogP contribution in [0, 0.1) is 0 Å². The molecule has 0 N–H and O–H groups in total. The van der Waals surface area contributed by atoms with Gasteiger partial charge in [-0.15, -0.1) is 0 Å². The van der Waals surface area contributed by atoms with Crippen LogP contribution in [0.2, 0.25) is 0 Å². The van der Waals surface area contributed by atoms with E-state index in [1.165, 1.54) is 60.8 Å². The second kappa shape index (κ2) is 11.9. The van der Waals surface area contributed by atoms with Crippen molar-refractivity contribution in [3.63, 3.8) is 0 Å². The van der Waals surface area contributed by atoms with E-state index in [0.29, 0.717) is 0 Å². The van der Waals surface area contributed by atoms with E-state index in [1.807, 2.05) is 0 Å². The van der Waals surface area contributed by atoms with Crippen molar-refractivity contribution in [3.05, 3.63) is 96.1 Å². The normalized spacial score (nSPS) is 14.0. The molecule has 1 saturated carbocycles. The average Bonchev–Trinajstić information content (AvgIpc) is 2.67. The van der Waals surface area contributed by atoms with Crippen LogP contribution in [0.1, 0.15) is 60.8 Å². The van der Waals surface area contributed by atoms with Gasteiger partial charge in [0.05, 0.1) is 0 Å². The van der Waals surface area contributed by atoms with Crippen LogP contribution in [0.25, 0.3) is 24.3 Å². The van der Waals surface area contributed by atoms with Gasteiger partial charge in [0.15, 0.2) is 0 Å². The Morgan fingerprint density at radius 3 is 0.808 bits per heavy atom. The SMILES string of the molecule is C1=Cc2ccccc21.C1=Cc2ccccc21.C1CCCCC1.C=CC=C. The van der Waals surface area contributed by atoms with Crippen LogP contribution >= 0.6 is 0 Å². The van der Waals surface area contributed by atoms with Crippen molar-refractivity contribution in [2.45, 2.75) is 38.5 Å². The summed E-state index contributed by atoms with van der Waals surface area (Å²) in [5.74, 6) is 0. The minimum Gasteiger partial charge on any atom is -0.0991 e. The van der Waals surface area contributed by atoms with Gasteiger partial charge in [0.2, 0.25) is 0 Å². The molecule has 26 heavy (non-hydrogen) atoms. The lowest BCUT2D eigenvalue weighted by atomic mass is 9.99. The van der Waals surface area contributed by atoms with E-state index in [0.717, 1.165) is 0 Å². The van der Waals surface area contributed by atoms with Gasteiger partial charge in [-0.05, 0) is 22.3 Å². The summed E-state index contributed by atoms with van der Waals surface area (Å²) in [4.78, 5) is 0. The fourth-order valence-electron chi connectivity index (χ4n) is 2.86. The molecule has 0 nitrogen and oxygen atoms in total. The first-order valence-corrected chi connectivity index (χ1v) is 9.63. The van der Waals surface area contributed by atoms with Crippen LogP contribution in [0.5, 0.6) is 0 Å². The first-order chi connectivity index (χ1) is 12.8. The molecule has 0 amide bonds. The Balaban J connectivity index is 0.000000129. The van der Waals surface area contributed by atoms with Crippen molar-refractivity contribution in [3.8, 4) is 0 Å². The highest BCUT2D eigenvalue weighted by Crippen LogP contribution is 2.22. The molecule has 0 heteroatoms.